The zero-order chi connectivity index (χ0) is 13.4. The maximum absolute atomic E-state index is 12.1. The number of benzene rings is 1. The molecule has 19 heavy (non-hydrogen) atoms. The molecule has 96 valence electrons. The highest BCUT2D eigenvalue weighted by molar-refractivity contribution is 6.21. The molecular weight excluding hydrogens is 240 g/mol. The molecule has 0 N–H and O–H groups in total. The second kappa shape index (κ2) is 4.39. The van der Waals surface area contributed by atoms with Crippen LogP contribution in [0.4, 0.5) is 0 Å². The topological polar surface area (TPSA) is 42.3 Å². The molecule has 0 spiro atoms. The van der Waals surface area contributed by atoms with Crippen molar-refractivity contribution >= 4 is 11.8 Å². The van der Waals surface area contributed by atoms with Gasteiger partial charge in [-0.1, -0.05) is 12.1 Å². The minimum atomic E-state index is -0.185. The molecule has 0 radical (unpaired) electrons. The minimum Gasteiger partial charge on any atom is -0.354 e. The van der Waals surface area contributed by atoms with Crippen molar-refractivity contribution in [3.63, 3.8) is 0 Å². The van der Waals surface area contributed by atoms with E-state index in [4.69, 9.17) is 0 Å². The second-order valence-electron chi connectivity index (χ2n) is 4.67. The Balaban J connectivity index is 1.79. The number of rotatable bonds is 3. The Hall–Kier alpha value is -2.36. The maximum atomic E-state index is 12.1. The molecule has 1 aliphatic rings. The lowest BCUT2D eigenvalue weighted by Crippen LogP contribution is -2.32. The Bertz CT molecular complexity index is 623. The van der Waals surface area contributed by atoms with Crippen LogP contribution in [0.15, 0.2) is 42.6 Å². The molecule has 4 nitrogen and oxygen atoms in total. The number of amides is 2. The van der Waals surface area contributed by atoms with Crippen LogP contribution in [0.5, 0.6) is 0 Å². The smallest absolute Gasteiger partial charge is 0.261 e. The number of hydrogen-bond acceptors (Lipinski definition) is 2. The third-order valence-corrected chi connectivity index (χ3v) is 3.52. The number of nitrogens with zero attached hydrogens (tertiary/aromatic N) is 2. The van der Waals surface area contributed by atoms with E-state index in [1.807, 2.05) is 29.9 Å². The number of imide groups is 1. The number of fused-ring (bicyclic) bond motifs is 1. The molecule has 2 aromatic rings. The molecule has 1 aromatic heterocycles. The van der Waals surface area contributed by atoms with Crippen LogP contribution in [-0.2, 0) is 13.5 Å². The van der Waals surface area contributed by atoms with E-state index in [1.54, 1.807) is 24.3 Å². The first-order valence-electron chi connectivity index (χ1n) is 6.24. The van der Waals surface area contributed by atoms with Crippen LogP contribution in [0.1, 0.15) is 26.4 Å². The van der Waals surface area contributed by atoms with Crippen LogP contribution < -0.4 is 0 Å². The fourth-order valence-corrected chi connectivity index (χ4v) is 2.42. The van der Waals surface area contributed by atoms with Gasteiger partial charge < -0.3 is 4.57 Å². The molecule has 0 atom stereocenters. The summed E-state index contributed by atoms with van der Waals surface area (Å²) in [5.41, 5.74) is 2.13. The van der Waals surface area contributed by atoms with Crippen molar-refractivity contribution in [2.75, 3.05) is 6.54 Å². The molecule has 0 aliphatic carbocycles. The van der Waals surface area contributed by atoms with E-state index in [0.29, 0.717) is 24.1 Å². The summed E-state index contributed by atoms with van der Waals surface area (Å²) < 4.78 is 2.00. The van der Waals surface area contributed by atoms with E-state index >= 15 is 0 Å². The van der Waals surface area contributed by atoms with Gasteiger partial charge in [0.1, 0.15) is 0 Å². The fraction of sp³-hybridized carbons (Fsp3) is 0.200. The zero-order valence-corrected chi connectivity index (χ0v) is 10.7. The average Bonchev–Trinajstić information content (AvgIpc) is 2.93. The van der Waals surface area contributed by atoms with Crippen molar-refractivity contribution in [1.82, 2.24) is 9.47 Å². The predicted molar refractivity (Wildman–Crippen MR) is 70.9 cm³/mol. The molecule has 0 saturated carbocycles. The van der Waals surface area contributed by atoms with Crippen LogP contribution in [0, 0.1) is 0 Å². The largest absolute Gasteiger partial charge is 0.354 e. The van der Waals surface area contributed by atoms with Crippen molar-refractivity contribution in [1.29, 1.82) is 0 Å². The summed E-state index contributed by atoms with van der Waals surface area (Å²) in [6.07, 6.45) is 2.63. The lowest BCUT2D eigenvalue weighted by atomic mass is 10.1. The summed E-state index contributed by atoms with van der Waals surface area (Å²) in [7, 11) is 1.96. The number of carbonyl (C=O) groups is 2. The number of carbonyl (C=O) groups excluding carboxylic acids is 2. The average molecular weight is 254 g/mol. The normalized spacial score (nSPS) is 14.1. The van der Waals surface area contributed by atoms with Gasteiger partial charge in [-0.05, 0) is 24.3 Å². The Kier molecular flexibility index (Phi) is 2.71. The van der Waals surface area contributed by atoms with Gasteiger partial charge in [-0.3, -0.25) is 14.5 Å². The molecule has 0 unspecified atom stereocenters. The van der Waals surface area contributed by atoms with Gasteiger partial charge in [-0.15, -0.1) is 0 Å². The molecule has 0 fully saturated rings. The zero-order valence-electron chi connectivity index (χ0n) is 10.7. The SMILES string of the molecule is Cn1cccc1CCN1C(=O)c2ccccc2C1=O. The quantitative estimate of drug-likeness (QED) is 0.785. The van der Waals surface area contributed by atoms with Gasteiger partial charge in [0.25, 0.3) is 11.8 Å². The Morgan fingerprint density at radius 1 is 0.947 bits per heavy atom. The number of hydrogen-bond donors (Lipinski definition) is 0. The van der Waals surface area contributed by atoms with E-state index in [2.05, 4.69) is 0 Å². The molecule has 0 bridgehead atoms. The molecule has 2 heterocycles. The first-order valence-corrected chi connectivity index (χ1v) is 6.24. The molecule has 1 aliphatic heterocycles. The second-order valence-corrected chi connectivity index (χ2v) is 4.67. The van der Waals surface area contributed by atoms with Gasteiger partial charge >= 0.3 is 0 Å². The van der Waals surface area contributed by atoms with Crippen LogP contribution in [0.2, 0.25) is 0 Å². The van der Waals surface area contributed by atoms with Crippen LogP contribution in [0.3, 0.4) is 0 Å². The van der Waals surface area contributed by atoms with Crippen molar-refractivity contribution in [2.45, 2.75) is 6.42 Å². The predicted octanol–water partition coefficient (Wildman–Crippen LogP) is 1.86. The highest BCUT2D eigenvalue weighted by Gasteiger charge is 2.34. The fourth-order valence-electron chi connectivity index (χ4n) is 2.42. The minimum absolute atomic E-state index is 0.185. The summed E-state index contributed by atoms with van der Waals surface area (Å²) in [6.45, 7) is 0.421. The van der Waals surface area contributed by atoms with E-state index in [0.717, 1.165) is 5.69 Å². The van der Waals surface area contributed by atoms with Gasteiger partial charge in [-0.2, -0.15) is 0 Å². The molecule has 3 rings (SSSR count). The van der Waals surface area contributed by atoms with Crippen LogP contribution >= 0.6 is 0 Å². The van der Waals surface area contributed by atoms with Crippen molar-refractivity contribution in [2.24, 2.45) is 7.05 Å². The highest BCUT2D eigenvalue weighted by atomic mass is 16.2. The summed E-state index contributed by atoms with van der Waals surface area (Å²) >= 11 is 0. The van der Waals surface area contributed by atoms with Gasteiger partial charge in [0.2, 0.25) is 0 Å². The number of aryl methyl sites for hydroxylation is 1. The monoisotopic (exact) mass is 254 g/mol. The maximum Gasteiger partial charge on any atom is 0.261 e. The summed E-state index contributed by atoms with van der Waals surface area (Å²) in [5, 5.41) is 0. The van der Waals surface area contributed by atoms with E-state index in [9.17, 15) is 9.59 Å². The van der Waals surface area contributed by atoms with E-state index in [-0.39, 0.29) is 11.8 Å². The van der Waals surface area contributed by atoms with E-state index < -0.39 is 0 Å². The first kappa shape index (κ1) is 11.7. The molecule has 2 amide bonds. The summed E-state index contributed by atoms with van der Waals surface area (Å²) in [6, 6.07) is 10.9. The summed E-state index contributed by atoms with van der Waals surface area (Å²) in [5.74, 6) is -0.371. The molecule has 0 saturated heterocycles. The highest BCUT2D eigenvalue weighted by Crippen LogP contribution is 2.22. The van der Waals surface area contributed by atoms with Crippen molar-refractivity contribution in [3.05, 3.63) is 59.4 Å². The van der Waals surface area contributed by atoms with Gasteiger partial charge in [-0.25, -0.2) is 0 Å². The lowest BCUT2D eigenvalue weighted by molar-refractivity contribution is 0.0655. The first-order chi connectivity index (χ1) is 9.18. The standard InChI is InChI=1S/C15H14N2O2/c1-16-9-4-5-11(16)8-10-17-14(18)12-6-2-3-7-13(12)15(17)19/h2-7,9H,8,10H2,1H3. The van der Waals surface area contributed by atoms with E-state index in [1.165, 1.54) is 4.90 Å². The van der Waals surface area contributed by atoms with Crippen molar-refractivity contribution < 1.29 is 9.59 Å². The Labute approximate surface area is 111 Å². The molecule has 4 heteroatoms. The van der Waals surface area contributed by atoms with Crippen LogP contribution in [-0.4, -0.2) is 27.8 Å². The van der Waals surface area contributed by atoms with Gasteiger partial charge in [0.05, 0.1) is 11.1 Å². The van der Waals surface area contributed by atoms with Gasteiger partial charge in [0.15, 0.2) is 0 Å². The van der Waals surface area contributed by atoms with Crippen molar-refractivity contribution in [3.8, 4) is 0 Å². The third-order valence-electron chi connectivity index (χ3n) is 3.52. The molecular formula is C15H14N2O2. The lowest BCUT2D eigenvalue weighted by Gasteiger charge is -2.13. The molecule has 1 aromatic carbocycles. The van der Waals surface area contributed by atoms with Gasteiger partial charge in [0, 0.05) is 31.9 Å². The Morgan fingerprint density at radius 2 is 1.58 bits per heavy atom. The summed E-state index contributed by atoms with van der Waals surface area (Å²) in [4.78, 5) is 25.6. The van der Waals surface area contributed by atoms with Crippen LogP contribution in [0.25, 0.3) is 0 Å². The number of aromatic nitrogens is 1. The third kappa shape index (κ3) is 1.85. The Morgan fingerprint density at radius 3 is 2.11 bits per heavy atom.